The largest absolute Gasteiger partial charge is 0.345 e. The van der Waals surface area contributed by atoms with Gasteiger partial charge in [0, 0.05) is 37.4 Å². The topological polar surface area (TPSA) is 86.4 Å². The Morgan fingerprint density at radius 3 is 2.56 bits per heavy atom. The summed E-state index contributed by atoms with van der Waals surface area (Å²) in [6.45, 7) is 5.35. The maximum absolute atomic E-state index is 12.5. The second kappa shape index (κ2) is 8.16. The number of piperazine rings is 1. The Balaban J connectivity index is 1.55. The molecule has 0 atom stereocenters. The van der Waals surface area contributed by atoms with Gasteiger partial charge in [0.05, 0.1) is 6.54 Å². The Kier molecular flexibility index (Phi) is 5.69. The molecule has 142 valence electrons. The first-order chi connectivity index (χ1) is 12.9. The minimum Gasteiger partial charge on any atom is -0.335 e. The van der Waals surface area contributed by atoms with E-state index in [4.69, 9.17) is 0 Å². The molecular weight excluding hydrogens is 344 g/mol. The van der Waals surface area contributed by atoms with Gasteiger partial charge in [-0.1, -0.05) is 30.3 Å². The van der Waals surface area contributed by atoms with Gasteiger partial charge in [0.25, 0.3) is 0 Å². The predicted octanol–water partition coefficient (Wildman–Crippen LogP) is 1.19. The Bertz CT molecular complexity index is 866. The minimum absolute atomic E-state index is 0.0310. The number of nitrogens with zero attached hydrogens (tertiary/aromatic N) is 3. The molecule has 1 aromatic carbocycles. The van der Waals surface area contributed by atoms with Gasteiger partial charge in [-0.25, -0.2) is 4.79 Å². The lowest BCUT2D eigenvalue weighted by atomic mass is 10.1. The summed E-state index contributed by atoms with van der Waals surface area (Å²) in [6, 6.07) is 9.84. The van der Waals surface area contributed by atoms with Crippen LogP contribution in [0.5, 0.6) is 0 Å². The summed E-state index contributed by atoms with van der Waals surface area (Å²) in [7, 11) is 0. The van der Waals surface area contributed by atoms with Crippen molar-refractivity contribution in [3.8, 4) is 0 Å². The van der Waals surface area contributed by atoms with E-state index in [9.17, 15) is 14.4 Å². The molecule has 27 heavy (non-hydrogen) atoms. The maximum atomic E-state index is 12.5. The molecule has 0 bridgehead atoms. The van der Waals surface area contributed by atoms with Crippen LogP contribution in [0.15, 0.2) is 35.1 Å². The summed E-state index contributed by atoms with van der Waals surface area (Å²) >= 11 is 0. The second-order valence-electron chi connectivity index (χ2n) is 6.85. The van der Waals surface area contributed by atoms with E-state index >= 15 is 0 Å². The van der Waals surface area contributed by atoms with Gasteiger partial charge >= 0.3 is 5.69 Å². The van der Waals surface area contributed by atoms with E-state index in [0.717, 1.165) is 16.8 Å². The van der Waals surface area contributed by atoms with Crippen LogP contribution in [0, 0.1) is 13.8 Å². The number of aromatic amines is 1. The highest BCUT2D eigenvalue weighted by atomic mass is 16.2. The van der Waals surface area contributed by atoms with Gasteiger partial charge < -0.3 is 14.8 Å². The molecule has 1 aromatic heterocycles. The van der Waals surface area contributed by atoms with Crippen molar-refractivity contribution in [3.05, 3.63) is 63.3 Å². The van der Waals surface area contributed by atoms with Gasteiger partial charge in [-0.05, 0) is 31.4 Å². The van der Waals surface area contributed by atoms with Crippen molar-refractivity contribution >= 4 is 11.8 Å². The van der Waals surface area contributed by atoms with Gasteiger partial charge in [-0.15, -0.1) is 0 Å². The number of hydrogen-bond acceptors (Lipinski definition) is 4. The fourth-order valence-corrected chi connectivity index (χ4v) is 3.41. The van der Waals surface area contributed by atoms with Crippen LogP contribution in [-0.2, 0) is 22.6 Å². The fraction of sp³-hybridized carbons (Fsp3) is 0.400. The molecule has 7 heteroatoms. The van der Waals surface area contributed by atoms with E-state index in [0.29, 0.717) is 38.2 Å². The van der Waals surface area contributed by atoms with Crippen LogP contribution in [-0.4, -0.2) is 51.2 Å². The average Bonchev–Trinajstić information content (AvgIpc) is 2.63. The summed E-state index contributed by atoms with van der Waals surface area (Å²) in [6.07, 6.45) is 0.792. The van der Waals surface area contributed by atoms with Crippen LogP contribution in [0.1, 0.15) is 28.9 Å². The van der Waals surface area contributed by atoms with Crippen LogP contribution in [0.2, 0.25) is 0 Å². The maximum Gasteiger partial charge on any atom is 0.345 e. The van der Waals surface area contributed by atoms with Gasteiger partial charge in [-0.2, -0.15) is 4.98 Å². The lowest BCUT2D eigenvalue weighted by Gasteiger charge is -2.34. The molecule has 1 saturated heterocycles. The summed E-state index contributed by atoms with van der Waals surface area (Å²) in [4.78, 5) is 46.3. The summed E-state index contributed by atoms with van der Waals surface area (Å²) in [5.74, 6) is -0.0794. The molecule has 0 radical (unpaired) electrons. The third-order valence-corrected chi connectivity index (χ3v) is 4.93. The number of carbonyl (C=O) groups excluding carboxylic acids is 2. The molecule has 2 aromatic rings. The Morgan fingerprint density at radius 1 is 1.15 bits per heavy atom. The zero-order valence-corrected chi connectivity index (χ0v) is 15.7. The van der Waals surface area contributed by atoms with Gasteiger partial charge in [-0.3, -0.25) is 9.59 Å². The number of nitrogens with one attached hydrogen (secondary N) is 1. The Labute approximate surface area is 158 Å². The number of H-pyrrole nitrogens is 1. The zero-order chi connectivity index (χ0) is 19.4. The van der Waals surface area contributed by atoms with E-state index < -0.39 is 0 Å². The van der Waals surface area contributed by atoms with E-state index in [-0.39, 0.29) is 24.0 Å². The number of carbonyl (C=O) groups is 2. The van der Waals surface area contributed by atoms with Gasteiger partial charge in [0.15, 0.2) is 0 Å². The summed E-state index contributed by atoms with van der Waals surface area (Å²) in [5, 5.41) is 0. The first-order valence-corrected chi connectivity index (χ1v) is 9.10. The molecule has 3 rings (SSSR count). The van der Waals surface area contributed by atoms with Crippen molar-refractivity contribution in [1.29, 1.82) is 0 Å². The van der Waals surface area contributed by atoms with Crippen molar-refractivity contribution in [2.24, 2.45) is 0 Å². The van der Waals surface area contributed by atoms with Crippen molar-refractivity contribution in [2.45, 2.75) is 33.2 Å². The van der Waals surface area contributed by atoms with E-state index in [2.05, 4.69) is 9.97 Å². The molecular formula is C20H24N4O3. The SMILES string of the molecule is Cc1nc(=O)[nH]c(C)c1CCC(=O)N1CCN(Cc2ccccc2)C(=O)C1. The molecule has 7 nitrogen and oxygen atoms in total. The molecule has 2 heterocycles. The fourth-order valence-electron chi connectivity index (χ4n) is 3.41. The highest BCUT2D eigenvalue weighted by molar-refractivity contribution is 5.86. The van der Waals surface area contributed by atoms with Crippen LogP contribution in [0.3, 0.4) is 0 Å². The van der Waals surface area contributed by atoms with Crippen molar-refractivity contribution in [1.82, 2.24) is 19.8 Å². The Hall–Kier alpha value is -2.96. The predicted molar refractivity (Wildman–Crippen MR) is 101 cm³/mol. The van der Waals surface area contributed by atoms with Gasteiger partial charge in [0.2, 0.25) is 11.8 Å². The van der Waals surface area contributed by atoms with Crippen LogP contribution in [0.4, 0.5) is 0 Å². The van der Waals surface area contributed by atoms with Crippen molar-refractivity contribution < 1.29 is 9.59 Å². The smallest absolute Gasteiger partial charge is 0.335 e. The number of hydrogen-bond donors (Lipinski definition) is 1. The summed E-state index contributed by atoms with van der Waals surface area (Å²) in [5.41, 5.74) is 2.98. The molecule has 1 N–H and O–H groups in total. The molecule has 2 amide bonds. The third kappa shape index (κ3) is 4.61. The first kappa shape index (κ1) is 18.8. The van der Waals surface area contributed by atoms with Crippen LogP contribution >= 0.6 is 0 Å². The third-order valence-electron chi connectivity index (χ3n) is 4.93. The zero-order valence-electron chi connectivity index (χ0n) is 15.7. The van der Waals surface area contributed by atoms with E-state index in [1.54, 1.807) is 16.7 Å². The highest BCUT2D eigenvalue weighted by Crippen LogP contribution is 2.13. The molecule has 0 unspecified atom stereocenters. The minimum atomic E-state index is -0.375. The quantitative estimate of drug-likeness (QED) is 0.859. The number of benzene rings is 1. The molecule has 0 saturated carbocycles. The van der Waals surface area contributed by atoms with E-state index in [1.165, 1.54) is 0 Å². The highest BCUT2D eigenvalue weighted by Gasteiger charge is 2.27. The molecule has 0 spiro atoms. The van der Waals surface area contributed by atoms with Crippen molar-refractivity contribution in [3.63, 3.8) is 0 Å². The molecule has 0 aliphatic carbocycles. The second-order valence-corrected chi connectivity index (χ2v) is 6.85. The number of amides is 2. The molecule has 1 aliphatic heterocycles. The summed E-state index contributed by atoms with van der Waals surface area (Å²) < 4.78 is 0. The van der Waals surface area contributed by atoms with E-state index in [1.807, 2.05) is 37.3 Å². The molecule has 1 aliphatic rings. The normalized spacial score (nSPS) is 14.5. The monoisotopic (exact) mass is 368 g/mol. The standard InChI is InChI=1S/C20H24N4O3/c1-14-17(15(2)22-20(27)21-14)8-9-18(25)24-11-10-23(19(26)13-24)12-16-6-4-3-5-7-16/h3-7H,8-13H2,1-2H3,(H,21,22,27). The van der Waals surface area contributed by atoms with Gasteiger partial charge in [0.1, 0.15) is 0 Å². The first-order valence-electron chi connectivity index (χ1n) is 9.10. The number of aryl methyl sites for hydroxylation is 2. The van der Waals surface area contributed by atoms with Crippen molar-refractivity contribution in [2.75, 3.05) is 19.6 Å². The number of rotatable bonds is 5. The number of aromatic nitrogens is 2. The average molecular weight is 368 g/mol. The van der Waals surface area contributed by atoms with Crippen LogP contribution in [0.25, 0.3) is 0 Å². The molecule has 1 fully saturated rings. The van der Waals surface area contributed by atoms with Crippen LogP contribution < -0.4 is 5.69 Å². The Morgan fingerprint density at radius 2 is 1.89 bits per heavy atom. The lowest BCUT2D eigenvalue weighted by molar-refractivity contribution is -0.145. The lowest BCUT2D eigenvalue weighted by Crippen LogP contribution is -2.51.